The smallest absolute Gasteiger partial charge is 0.203 e. The molecule has 1 unspecified atom stereocenters. The maximum Gasteiger partial charge on any atom is 0.203 e. The molecule has 1 N–H and O–H groups in total. The van der Waals surface area contributed by atoms with Gasteiger partial charge in [0.05, 0.1) is 0 Å². The Bertz CT molecular complexity index is 373. The molecule has 100 valence electrons. The number of hydrogen-bond donors (Lipinski definition) is 1. The fourth-order valence-corrected chi connectivity index (χ4v) is 3.68. The minimum absolute atomic E-state index is 0.565. The Kier molecular flexibility index (Phi) is 3.57. The Morgan fingerprint density at radius 1 is 1.17 bits per heavy atom. The van der Waals surface area contributed by atoms with Crippen molar-refractivity contribution in [1.29, 1.82) is 0 Å². The van der Waals surface area contributed by atoms with Crippen LogP contribution in [-0.4, -0.2) is 15.6 Å². The van der Waals surface area contributed by atoms with Gasteiger partial charge >= 0.3 is 0 Å². The van der Waals surface area contributed by atoms with E-state index in [4.69, 9.17) is 0 Å². The second-order valence-corrected chi connectivity index (χ2v) is 6.07. The van der Waals surface area contributed by atoms with Crippen LogP contribution in [0.3, 0.4) is 0 Å². The Balaban J connectivity index is 1.66. The molecule has 0 bridgehead atoms. The van der Waals surface area contributed by atoms with E-state index in [2.05, 4.69) is 28.0 Å². The molecule has 0 saturated heterocycles. The molecule has 3 rings (SSSR count). The third kappa shape index (κ3) is 2.40. The highest BCUT2D eigenvalue weighted by molar-refractivity contribution is 5.28. The van der Waals surface area contributed by atoms with E-state index in [-0.39, 0.29) is 0 Å². The van der Waals surface area contributed by atoms with Gasteiger partial charge in [-0.2, -0.15) is 0 Å². The van der Waals surface area contributed by atoms with E-state index in [1.807, 2.05) is 6.20 Å². The number of hydrogen-bond acceptors (Lipinski definition) is 2. The second-order valence-electron chi connectivity index (χ2n) is 6.07. The number of imidazole rings is 1. The molecule has 1 atom stereocenters. The zero-order chi connectivity index (χ0) is 12.4. The van der Waals surface area contributed by atoms with Crippen LogP contribution in [0.15, 0.2) is 12.4 Å². The average molecular weight is 247 g/mol. The molecule has 18 heavy (non-hydrogen) atoms. The summed E-state index contributed by atoms with van der Waals surface area (Å²) in [6.07, 6.45) is 15.1. The van der Waals surface area contributed by atoms with Gasteiger partial charge in [0.2, 0.25) is 5.95 Å². The molecule has 3 nitrogen and oxygen atoms in total. The highest BCUT2D eigenvalue weighted by Gasteiger charge is 2.24. The van der Waals surface area contributed by atoms with Crippen molar-refractivity contribution in [2.45, 2.75) is 70.4 Å². The van der Waals surface area contributed by atoms with Gasteiger partial charge in [-0.15, -0.1) is 0 Å². The van der Waals surface area contributed by atoms with Gasteiger partial charge in [0.25, 0.3) is 0 Å². The van der Waals surface area contributed by atoms with E-state index in [0.717, 1.165) is 11.9 Å². The zero-order valence-electron chi connectivity index (χ0n) is 11.4. The van der Waals surface area contributed by atoms with Crippen molar-refractivity contribution in [1.82, 2.24) is 9.55 Å². The van der Waals surface area contributed by atoms with Crippen molar-refractivity contribution in [3.05, 3.63) is 12.4 Å². The van der Waals surface area contributed by atoms with E-state index in [0.29, 0.717) is 12.1 Å². The zero-order valence-corrected chi connectivity index (χ0v) is 11.4. The lowest BCUT2D eigenvalue weighted by atomic mass is 10.0. The highest BCUT2D eigenvalue weighted by Crippen LogP contribution is 2.33. The van der Waals surface area contributed by atoms with Gasteiger partial charge in [-0.3, -0.25) is 0 Å². The maximum atomic E-state index is 4.52. The normalized spacial score (nSPS) is 23.6. The minimum atomic E-state index is 0.565. The van der Waals surface area contributed by atoms with Crippen LogP contribution in [0.25, 0.3) is 0 Å². The lowest BCUT2D eigenvalue weighted by Crippen LogP contribution is -2.26. The predicted molar refractivity (Wildman–Crippen MR) is 74.8 cm³/mol. The van der Waals surface area contributed by atoms with Crippen molar-refractivity contribution in [3.63, 3.8) is 0 Å². The summed E-state index contributed by atoms with van der Waals surface area (Å²) in [7, 11) is 0. The van der Waals surface area contributed by atoms with Crippen LogP contribution in [0.4, 0.5) is 5.95 Å². The van der Waals surface area contributed by atoms with Crippen molar-refractivity contribution in [2.75, 3.05) is 5.32 Å². The number of anilines is 1. The van der Waals surface area contributed by atoms with Crippen molar-refractivity contribution in [2.24, 2.45) is 5.92 Å². The molecule has 0 spiro atoms. The first-order valence-corrected chi connectivity index (χ1v) is 7.64. The van der Waals surface area contributed by atoms with Crippen LogP contribution in [0.1, 0.15) is 64.3 Å². The summed E-state index contributed by atoms with van der Waals surface area (Å²) in [6.45, 7) is 2.32. The Hall–Kier alpha value is -0.990. The van der Waals surface area contributed by atoms with E-state index in [1.54, 1.807) is 0 Å². The van der Waals surface area contributed by atoms with Gasteiger partial charge in [-0.05, 0) is 38.5 Å². The summed E-state index contributed by atoms with van der Waals surface area (Å²) in [5.74, 6) is 1.94. The van der Waals surface area contributed by atoms with Gasteiger partial charge in [0.1, 0.15) is 0 Å². The molecule has 1 aromatic heterocycles. The van der Waals surface area contributed by atoms with Crippen molar-refractivity contribution in [3.8, 4) is 0 Å². The van der Waals surface area contributed by atoms with Crippen LogP contribution in [-0.2, 0) is 0 Å². The fraction of sp³-hybridized carbons (Fsp3) is 0.800. The summed E-state index contributed by atoms with van der Waals surface area (Å²) in [4.78, 5) is 4.52. The first-order valence-electron chi connectivity index (χ1n) is 7.64. The summed E-state index contributed by atoms with van der Waals surface area (Å²) in [5.41, 5.74) is 0. The molecule has 0 radical (unpaired) electrons. The number of nitrogens with one attached hydrogen (secondary N) is 1. The monoisotopic (exact) mass is 247 g/mol. The summed E-state index contributed by atoms with van der Waals surface area (Å²) < 4.78 is 2.37. The van der Waals surface area contributed by atoms with Gasteiger partial charge in [-0.1, -0.05) is 25.7 Å². The first kappa shape index (κ1) is 12.1. The summed E-state index contributed by atoms with van der Waals surface area (Å²) in [6, 6.07) is 1.25. The third-order valence-electron chi connectivity index (χ3n) is 4.85. The molecule has 2 fully saturated rings. The van der Waals surface area contributed by atoms with Crippen LogP contribution >= 0.6 is 0 Å². The highest BCUT2D eigenvalue weighted by atomic mass is 15.2. The van der Waals surface area contributed by atoms with Crippen molar-refractivity contribution >= 4 is 5.95 Å². The van der Waals surface area contributed by atoms with Gasteiger partial charge in [-0.25, -0.2) is 4.98 Å². The number of aromatic nitrogens is 2. The van der Waals surface area contributed by atoms with Gasteiger partial charge < -0.3 is 9.88 Å². The molecular formula is C15H25N3. The molecule has 1 heterocycles. The quantitative estimate of drug-likeness (QED) is 0.872. The third-order valence-corrected chi connectivity index (χ3v) is 4.85. The molecule has 0 aromatic carbocycles. The SMILES string of the molecule is CC(Nc1nccn1C1CCCC1)C1CCCC1. The van der Waals surface area contributed by atoms with E-state index in [9.17, 15) is 0 Å². The maximum absolute atomic E-state index is 4.52. The molecule has 2 aliphatic rings. The predicted octanol–water partition coefficient (Wildman–Crippen LogP) is 3.99. The first-order chi connectivity index (χ1) is 8.84. The Morgan fingerprint density at radius 2 is 1.83 bits per heavy atom. The largest absolute Gasteiger partial charge is 0.353 e. The van der Waals surface area contributed by atoms with E-state index < -0.39 is 0 Å². The molecule has 3 heteroatoms. The molecule has 0 amide bonds. The van der Waals surface area contributed by atoms with Gasteiger partial charge in [0, 0.05) is 24.5 Å². The second kappa shape index (κ2) is 5.33. The molecular weight excluding hydrogens is 222 g/mol. The summed E-state index contributed by atoms with van der Waals surface area (Å²) >= 11 is 0. The van der Waals surface area contributed by atoms with E-state index >= 15 is 0 Å². The number of rotatable bonds is 4. The summed E-state index contributed by atoms with van der Waals surface area (Å²) in [5, 5.41) is 3.66. The van der Waals surface area contributed by atoms with Crippen LogP contribution in [0, 0.1) is 5.92 Å². The fourth-order valence-electron chi connectivity index (χ4n) is 3.68. The van der Waals surface area contributed by atoms with E-state index in [1.165, 1.54) is 51.4 Å². The molecule has 2 aliphatic carbocycles. The molecule has 2 saturated carbocycles. The van der Waals surface area contributed by atoms with Crippen LogP contribution in [0.5, 0.6) is 0 Å². The Morgan fingerprint density at radius 3 is 2.56 bits per heavy atom. The van der Waals surface area contributed by atoms with Crippen LogP contribution in [0.2, 0.25) is 0 Å². The van der Waals surface area contributed by atoms with Crippen molar-refractivity contribution < 1.29 is 0 Å². The molecule has 0 aliphatic heterocycles. The van der Waals surface area contributed by atoms with Crippen LogP contribution < -0.4 is 5.32 Å². The molecule has 1 aromatic rings. The Labute approximate surface area is 110 Å². The van der Waals surface area contributed by atoms with Gasteiger partial charge in [0.15, 0.2) is 0 Å². The standard InChI is InChI=1S/C15H25N3/c1-12(13-6-2-3-7-13)17-15-16-10-11-18(15)14-8-4-5-9-14/h10-14H,2-9H2,1H3,(H,16,17). The lowest BCUT2D eigenvalue weighted by Gasteiger charge is -2.23. The average Bonchev–Trinajstić information content (AvgIpc) is 3.11. The topological polar surface area (TPSA) is 29.9 Å². The number of nitrogens with zero attached hydrogens (tertiary/aromatic N) is 2. The minimum Gasteiger partial charge on any atom is -0.353 e. The lowest BCUT2D eigenvalue weighted by molar-refractivity contribution is 0.468.